The molecule has 0 radical (unpaired) electrons. The zero-order valence-electron chi connectivity index (χ0n) is 10.1. The lowest BCUT2D eigenvalue weighted by atomic mass is 10.1. The Bertz CT molecular complexity index is 372. The van der Waals surface area contributed by atoms with Crippen LogP contribution in [-0.2, 0) is 16.1 Å². The summed E-state index contributed by atoms with van der Waals surface area (Å²) in [6.07, 6.45) is -0.0874. The summed E-state index contributed by atoms with van der Waals surface area (Å²) in [6.45, 7) is 3.04. The predicted octanol–water partition coefficient (Wildman–Crippen LogP) is 1.78. The number of benzene rings is 1. The van der Waals surface area contributed by atoms with Crippen LogP contribution in [0.4, 0.5) is 0 Å². The fraction of sp³-hybridized carbons (Fsp3) is 0.462. The van der Waals surface area contributed by atoms with Crippen molar-refractivity contribution in [3.05, 3.63) is 35.9 Å². The summed E-state index contributed by atoms with van der Waals surface area (Å²) in [5.41, 5.74) is 1.25. The van der Waals surface area contributed by atoms with Crippen LogP contribution in [0.1, 0.15) is 12.0 Å². The van der Waals surface area contributed by atoms with E-state index in [-0.39, 0.29) is 24.9 Å². The van der Waals surface area contributed by atoms with Gasteiger partial charge in [0.05, 0.1) is 19.1 Å². The first-order valence-electron chi connectivity index (χ1n) is 5.84. The summed E-state index contributed by atoms with van der Waals surface area (Å²) in [5, 5.41) is 8.74. The van der Waals surface area contributed by atoms with Crippen LogP contribution >= 0.6 is 12.4 Å². The molecule has 1 N–H and O–H groups in total. The summed E-state index contributed by atoms with van der Waals surface area (Å²) in [7, 11) is 0. The van der Waals surface area contributed by atoms with E-state index in [0.29, 0.717) is 13.2 Å². The number of halogens is 1. The Hall–Kier alpha value is -1.10. The van der Waals surface area contributed by atoms with E-state index in [9.17, 15) is 4.79 Å². The molecule has 0 saturated carbocycles. The number of ether oxygens (including phenoxy) is 1. The van der Waals surface area contributed by atoms with Crippen molar-refractivity contribution in [1.82, 2.24) is 4.90 Å². The van der Waals surface area contributed by atoms with Crippen LogP contribution in [0.25, 0.3) is 0 Å². The van der Waals surface area contributed by atoms with Crippen molar-refractivity contribution in [2.45, 2.75) is 19.1 Å². The third-order valence-corrected chi connectivity index (χ3v) is 2.87. The van der Waals surface area contributed by atoms with E-state index in [1.165, 1.54) is 5.56 Å². The number of hydrogen-bond acceptors (Lipinski definition) is 3. The molecule has 1 atom stereocenters. The van der Waals surface area contributed by atoms with Crippen LogP contribution in [0, 0.1) is 0 Å². The SMILES string of the molecule is Cl.O=C(O)CC1CN(Cc2ccccc2)CCO1. The molecule has 0 amide bonds. The first-order valence-corrected chi connectivity index (χ1v) is 5.84. The largest absolute Gasteiger partial charge is 0.481 e. The van der Waals surface area contributed by atoms with E-state index < -0.39 is 5.97 Å². The molecule has 18 heavy (non-hydrogen) atoms. The highest BCUT2D eigenvalue weighted by atomic mass is 35.5. The Labute approximate surface area is 113 Å². The van der Waals surface area contributed by atoms with Gasteiger partial charge in [-0.3, -0.25) is 9.69 Å². The molecule has 0 aliphatic carbocycles. The zero-order chi connectivity index (χ0) is 12.1. The maximum atomic E-state index is 10.6. The Morgan fingerprint density at radius 2 is 2.11 bits per heavy atom. The molecule has 1 aromatic rings. The zero-order valence-corrected chi connectivity index (χ0v) is 10.9. The molecule has 4 nitrogen and oxygen atoms in total. The summed E-state index contributed by atoms with van der Waals surface area (Å²) in [5.74, 6) is -0.795. The first-order chi connectivity index (χ1) is 8.24. The Balaban J connectivity index is 0.00000162. The molecule has 2 rings (SSSR count). The second kappa shape index (κ2) is 7.36. The number of rotatable bonds is 4. The van der Waals surface area contributed by atoms with Crippen molar-refractivity contribution in [2.24, 2.45) is 0 Å². The first kappa shape index (κ1) is 15.0. The molecular formula is C13H18ClNO3. The average Bonchev–Trinajstić information content (AvgIpc) is 2.30. The van der Waals surface area contributed by atoms with Crippen LogP contribution in [0.5, 0.6) is 0 Å². The minimum absolute atomic E-state index is 0. The molecule has 1 unspecified atom stereocenters. The molecule has 1 saturated heterocycles. The molecule has 1 aromatic carbocycles. The molecule has 1 fully saturated rings. The molecule has 100 valence electrons. The van der Waals surface area contributed by atoms with E-state index in [1.807, 2.05) is 18.2 Å². The lowest BCUT2D eigenvalue weighted by Gasteiger charge is -2.32. The van der Waals surface area contributed by atoms with Crippen LogP contribution in [0.2, 0.25) is 0 Å². The molecule has 1 heterocycles. The van der Waals surface area contributed by atoms with Gasteiger partial charge in [0.15, 0.2) is 0 Å². The van der Waals surface area contributed by atoms with Gasteiger partial charge in [-0.15, -0.1) is 12.4 Å². The lowest BCUT2D eigenvalue weighted by Crippen LogP contribution is -2.42. The molecule has 0 aromatic heterocycles. The van der Waals surface area contributed by atoms with Gasteiger partial charge in [-0.25, -0.2) is 0 Å². The molecule has 0 spiro atoms. The Morgan fingerprint density at radius 1 is 1.39 bits per heavy atom. The second-order valence-corrected chi connectivity index (χ2v) is 4.31. The van der Waals surface area contributed by atoms with Gasteiger partial charge in [-0.1, -0.05) is 30.3 Å². The Morgan fingerprint density at radius 3 is 2.78 bits per heavy atom. The minimum atomic E-state index is -0.795. The maximum absolute atomic E-state index is 10.6. The van der Waals surface area contributed by atoms with E-state index >= 15 is 0 Å². The highest BCUT2D eigenvalue weighted by Gasteiger charge is 2.22. The molecule has 1 aliphatic rings. The van der Waals surface area contributed by atoms with Crippen molar-refractivity contribution in [3.8, 4) is 0 Å². The van der Waals surface area contributed by atoms with E-state index in [2.05, 4.69) is 17.0 Å². The summed E-state index contributed by atoms with van der Waals surface area (Å²) >= 11 is 0. The topological polar surface area (TPSA) is 49.8 Å². The fourth-order valence-corrected chi connectivity index (χ4v) is 2.08. The van der Waals surface area contributed by atoms with Gasteiger partial charge in [0.2, 0.25) is 0 Å². The van der Waals surface area contributed by atoms with Gasteiger partial charge in [-0.05, 0) is 5.56 Å². The van der Waals surface area contributed by atoms with Crippen molar-refractivity contribution >= 4 is 18.4 Å². The number of carbonyl (C=O) groups is 1. The molecule has 5 heteroatoms. The van der Waals surface area contributed by atoms with Gasteiger partial charge in [0.25, 0.3) is 0 Å². The van der Waals surface area contributed by atoms with Gasteiger partial charge in [0.1, 0.15) is 0 Å². The Kier molecular flexibility index (Phi) is 6.12. The van der Waals surface area contributed by atoms with Crippen LogP contribution < -0.4 is 0 Å². The minimum Gasteiger partial charge on any atom is -0.481 e. The summed E-state index contributed by atoms with van der Waals surface area (Å²) in [6, 6.07) is 10.2. The normalized spacial score (nSPS) is 20.1. The monoisotopic (exact) mass is 271 g/mol. The molecule has 0 bridgehead atoms. The van der Waals surface area contributed by atoms with Crippen molar-refractivity contribution in [2.75, 3.05) is 19.7 Å². The number of nitrogens with zero attached hydrogens (tertiary/aromatic N) is 1. The van der Waals surface area contributed by atoms with Crippen molar-refractivity contribution < 1.29 is 14.6 Å². The van der Waals surface area contributed by atoms with Crippen molar-refractivity contribution in [3.63, 3.8) is 0 Å². The van der Waals surface area contributed by atoms with Crippen LogP contribution in [0.3, 0.4) is 0 Å². The smallest absolute Gasteiger partial charge is 0.306 e. The third kappa shape index (κ3) is 4.64. The molecular weight excluding hydrogens is 254 g/mol. The third-order valence-electron chi connectivity index (χ3n) is 2.87. The predicted molar refractivity (Wildman–Crippen MR) is 71.0 cm³/mol. The fourth-order valence-electron chi connectivity index (χ4n) is 2.08. The number of hydrogen-bond donors (Lipinski definition) is 1. The highest BCUT2D eigenvalue weighted by molar-refractivity contribution is 5.85. The van der Waals surface area contributed by atoms with Gasteiger partial charge in [-0.2, -0.15) is 0 Å². The lowest BCUT2D eigenvalue weighted by molar-refractivity contribution is -0.142. The number of morpholine rings is 1. The summed E-state index contributed by atoms with van der Waals surface area (Å²) < 4.78 is 5.43. The number of carboxylic acid groups (broad SMARTS) is 1. The maximum Gasteiger partial charge on any atom is 0.306 e. The summed E-state index contributed by atoms with van der Waals surface area (Å²) in [4.78, 5) is 12.9. The van der Waals surface area contributed by atoms with E-state index in [0.717, 1.165) is 13.1 Å². The second-order valence-electron chi connectivity index (χ2n) is 4.31. The highest BCUT2D eigenvalue weighted by Crippen LogP contribution is 2.12. The van der Waals surface area contributed by atoms with Gasteiger partial charge in [0, 0.05) is 19.6 Å². The van der Waals surface area contributed by atoms with Gasteiger partial charge < -0.3 is 9.84 Å². The van der Waals surface area contributed by atoms with Gasteiger partial charge >= 0.3 is 5.97 Å². The number of carboxylic acids is 1. The average molecular weight is 272 g/mol. The van der Waals surface area contributed by atoms with Crippen LogP contribution in [0.15, 0.2) is 30.3 Å². The van der Waals surface area contributed by atoms with E-state index in [1.54, 1.807) is 0 Å². The molecule has 1 aliphatic heterocycles. The standard InChI is InChI=1S/C13H17NO3.ClH/c15-13(16)8-12-10-14(6-7-17-12)9-11-4-2-1-3-5-11;/h1-5,12H,6-10H2,(H,15,16);1H. The quantitative estimate of drug-likeness (QED) is 0.907. The van der Waals surface area contributed by atoms with E-state index in [4.69, 9.17) is 9.84 Å². The number of aliphatic carboxylic acids is 1. The van der Waals surface area contributed by atoms with Crippen LogP contribution in [-0.4, -0.2) is 41.8 Å². The van der Waals surface area contributed by atoms with Crippen molar-refractivity contribution in [1.29, 1.82) is 0 Å².